The number of carbonyl (C=O) groups is 2. The van der Waals surface area contributed by atoms with Gasteiger partial charge in [0, 0.05) is 29.4 Å². The van der Waals surface area contributed by atoms with Crippen molar-refractivity contribution < 1.29 is 18.7 Å². The number of anilines is 3. The molecule has 2 aromatic heterocycles. The van der Waals surface area contributed by atoms with Crippen LogP contribution in [-0.4, -0.2) is 35.1 Å². The number of esters is 1. The lowest BCUT2D eigenvalue weighted by Gasteiger charge is -2.09. The summed E-state index contributed by atoms with van der Waals surface area (Å²) in [6.45, 7) is 2.52. The Bertz CT molecular complexity index is 1710. The average Bonchev–Trinajstić information content (AvgIpc) is 3.37. The van der Waals surface area contributed by atoms with E-state index in [-0.39, 0.29) is 12.6 Å². The van der Waals surface area contributed by atoms with Crippen LogP contribution in [0.15, 0.2) is 95.7 Å². The van der Waals surface area contributed by atoms with Crippen LogP contribution >= 0.6 is 0 Å². The lowest BCUT2D eigenvalue weighted by atomic mass is 10.1. The second kappa shape index (κ2) is 13.0. The summed E-state index contributed by atoms with van der Waals surface area (Å²) in [4.78, 5) is 33.0. The van der Waals surface area contributed by atoms with E-state index in [0.29, 0.717) is 46.9 Å². The van der Waals surface area contributed by atoms with Crippen LogP contribution in [0.1, 0.15) is 18.1 Å². The first-order valence-electron chi connectivity index (χ1n) is 13.1. The summed E-state index contributed by atoms with van der Waals surface area (Å²) in [7, 11) is 0. The third-order valence-electron chi connectivity index (χ3n) is 6.04. The second-order valence-electron chi connectivity index (χ2n) is 8.86. The van der Waals surface area contributed by atoms with Crippen molar-refractivity contribution in [3.8, 4) is 23.2 Å². The normalized spacial score (nSPS) is 10.4. The van der Waals surface area contributed by atoms with Crippen LogP contribution in [0, 0.1) is 11.8 Å². The molecule has 41 heavy (non-hydrogen) atoms. The summed E-state index contributed by atoms with van der Waals surface area (Å²) in [5.74, 6) is 5.89. The number of fused-ring (bicyclic) bond motifs is 1. The number of urea groups is 1. The predicted octanol–water partition coefficient (Wildman–Crippen LogP) is 6.10. The van der Waals surface area contributed by atoms with Crippen LogP contribution < -0.4 is 16.0 Å². The Balaban J connectivity index is 1.29. The maximum atomic E-state index is 12.3. The molecule has 0 aliphatic rings. The molecule has 0 aliphatic heterocycles. The van der Waals surface area contributed by atoms with E-state index in [1.54, 1.807) is 6.92 Å². The maximum absolute atomic E-state index is 12.3. The van der Waals surface area contributed by atoms with Crippen LogP contribution in [0.25, 0.3) is 22.4 Å². The third-order valence-corrected chi connectivity index (χ3v) is 6.04. The van der Waals surface area contributed by atoms with Crippen LogP contribution in [-0.2, 0) is 16.0 Å². The number of hydrogen-bond donors (Lipinski definition) is 3. The van der Waals surface area contributed by atoms with Crippen LogP contribution in [0.4, 0.5) is 22.0 Å². The number of rotatable bonds is 8. The first-order valence-corrected chi connectivity index (χ1v) is 13.1. The number of ether oxygens (including phenoxy) is 1. The van der Waals surface area contributed by atoms with Gasteiger partial charge in [0.15, 0.2) is 5.76 Å². The average molecular weight is 546 g/mol. The summed E-state index contributed by atoms with van der Waals surface area (Å²) < 4.78 is 11.1. The fraction of sp³-hybridized carbons (Fsp3) is 0.125. The molecule has 9 heteroatoms. The van der Waals surface area contributed by atoms with E-state index >= 15 is 0 Å². The van der Waals surface area contributed by atoms with Gasteiger partial charge in [0.05, 0.1) is 17.6 Å². The number of hydrogen-bond acceptors (Lipinski definition) is 7. The fourth-order valence-corrected chi connectivity index (χ4v) is 4.16. The molecule has 0 spiro atoms. The fourth-order valence-electron chi connectivity index (χ4n) is 4.16. The van der Waals surface area contributed by atoms with Gasteiger partial charge in [-0.05, 0) is 49.1 Å². The Morgan fingerprint density at radius 2 is 1.56 bits per heavy atom. The summed E-state index contributed by atoms with van der Waals surface area (Å²) >= 11 is 0. The van der Waals surface area contributed by atoms with Crippen molar-refractivity contribution in [2.24, 2.45) is 0 Å². The Morgan fingerprint density at radius 1 is 0.878 bits per heavy atom. The van der Waals surface area contributed by atoms with E-state index in [9.17, 15) is 9.59 Å². The van der Waals surface area contributed by atoms with E-state index in [1.807, 2.05) is 84.9 Å². The number of nitrogens with one attached hydrogen (secondary N) is 3. The minimum atomic E-state index is -0.622. The number of aromatic nitrogens is 2. The molecule has 5 rings (SSSR count). The van der Waals surface area contributed by atoms with Gasteiger partial charge in [-0.15, -0.1) is 0 Å². The monoisotopic (exact) mass is 545 g/mol. The summed E-state index contributed by atoms with van der Waals surface area (Å²) in [6, 6.07) is 26.1. The number of para-hydroxylation sites is 1. The second-order valence-corrected chi connectivity index (χ2v) is 8.86. The lowest BCUT2D eigenvalue weighted by Crippen LogP contribution is -2.19. The number of nitrogens with zero attached hydrogens (tertiary/aromatic N) is 2. The predicted molar refractivity (Wildman–Crippen MR) is 158 cm³/mol. The highest BCUT2D eigenvalue weighted by Crippen LogP contribution is 2.35. The van der Waals surface area contributed by atoms with E-state index in [2.05, 4.69) is 37.8 Å². The Morgan fingerprint density at radius 3 is 2.27 bits per heavy atom. The summed E-state index contributed by atoms with van der Waals surface area (Å²) in [6.07, 6.45) is 2.11. The van der Waals surface area contributed by atoms with Crippen molar-refractivity contribution in [2.45, 2.75) is 13.3 Å². The topological polar surface area (TPSA) is 118 Å². The smallest absolute Gasteiger partial charge is 0.384 e. The van der Waals surface area contributed by atoms with E-state index in [0.717, 1.165) is 16.8 Å². The Hall–Kier alpha value is -5.62. The first kappa shape index (κ1) is 27.0. The number of carbonyl (C=O) groups excluding carboxylic acids is 2. The summed E-state index contributed by atoms with van der Waals surface area (Å²) in [5.41, 5.74) is 4.14. The Labute approximate surface area is 237 Å². The SMILES string of the molecule is CCOC(=O)C#Cc1c(-c2ccccc2)oc2ncnc(NCCc3ccc(NC(=O)Nc4ccccc4)cc3)c12. The van der Waals surface area contributed by atoms with Gasteiger partial charge in [0.25, 0.3) is 0 Å². The molecular weight excluding hydrogens is 518 g/mol. The zero-order valence-electron chi connectivity index (χ0n) is 22.3. The van der Waals surface area contributed by atoms with Crippen molar-refractivity contribution in [1.29, 1.82) is 0 Å². The molecule has 2 heterocycles. The van der Waals surface area contributed by atoms with Crippen LogP contribution in [0.5, 0.6) is 0 Å². The van der Waals surface area contributed by atoms with Crippen molar-refractivity contribution in [1.82, 2.24) is 9.97 Å². The number of furan rings is 1. The number of benzene rings is 3. The molecule has 9 nitrogen and oxygen atoms in total. The molecule has 5 aromatic rings. The maximum Gasteiger partial charge on any atom is 0.384 e. The van der Waals surface area contributed by atoms with Crippen molar-refractivity contribution in [2.75, 3.05) is 29.1 Å². The van der Waals surface area contributed by atoms with Gasteiger partial charge in [0.1, 0.15) is 12.1 Å². The third kappa shape index (κ3) is 6.88. The summed E-state index contributed by atoms with van der Waals surface area (Å²) in [5, 5.41) is 9.57. The quantitative estimate of drug-likeness (QED) is 0.159. The van der Waals surface area contributed by atoms with Crippen LogP contribution in [0.3, 0.4) is 0 Å². The van der Waals surface area contributed by atoms with E-state index in [4.69, 9.17) is 9.15 Å². The largest absolute Gasteiger partial charge is 0.456 e. The molecule has 0 saturated heterocycles. The number of amides is 2. The zero-order valence-corrected chi connectivity index (χ0v) is 22.3. The molecule has 0 fully saturated rings. The highest BCUT2D eigenvalue weighted by Gasteiger charge is 2.19. The molecular formula is C32H27N5O4. The van der Waals surface area contributed by atoms with Gasteiger partial charge >= 0.3 is 12.0 Å². The Kier molecular flexibility index (Phi) is 8.52. The highest BCUT2D eigenvalue weighted by atomic mass is 16.5. The molecule has 0 saturated carbocycles. The van der Waals surface area contributed by atoms with Gasteiger partial charge in [-0.1, -0.05) is 60.7 Å². The molecule has 0 radical (unpaired) electrons. The van der Waals surface area contributed by atoms with Gasteiger partial charge in [0.2, 0.25) is 5.71 Å². The molecule has 0 bridgehead atoms. The van der Waals surface area contributed by atoms with Crippen molar-refractivity contribution >= 4 is 40.3 Å². The van der Waals surface area contributed by atoms with Crippen LogP contribution in [0.2, 0.25) is 0 Å². The zero-order chi connectivity index (χ0) is 28.4. The van der Waals surface area contributed by atoms with E-state index in [1.165, 1.54) is 6.33 Å². The molecule has 0 aliphatic carbocycles. The molecule has 3 aromatic carbocycles. The minimum absolute atomic E-state index is 0.235. The van der Waals surface area contributed by atoms with Gasteiger partial charge in [-0.2, -0.15) is 0 Å². The molecule has 0 unspecified atom stereocenters. The molecule has 0 atom stereocenters. The molecule has 204 valence electrons. The molecule has 2 amide bonds. The van der Waals surface area contributed by atoms with Gasteiger partial charge in [-0.3, -0.25) is 0 Å². The first-order chi connectivity index (χ1) is 20.1. The molecule has 3 N–H and O–H groups in total. The lowest BCUT2D eigenvalue weighted by molar-refractivity contribution is -0.136. The van der Waals surface area contributed by atoms with Crippen molar-refractivity contribution in [3.63, 3.8) is 0 Å². The van der Waals surface area contributed by atoms with E-state index < -0.39 is 5.97 Å². The van der Waals surface area contributed by atoms with Gasteiger partial charge < -0.3 is 25.1 Å². The van der Waals surface area contributed by atoms with Crippen molar-refractivity contribution in [3.05, 3.63) is 102 Å². The standard InChI is InChI=1S/C32H27N5O4/c1-2-40-27(38)18-17-26-28-30(34-21-35-31(28)41-29(26)23-9-5-3-6-10-23)33-20-19-22-13-15-25(16-14-22)37-32(39)36-24-11-7-4-8-12-24/h3-16,21H,2,19-20H2,1H3,(H,33,34,35)(H2,36,37,39). The highest BCUT2D eigenvalue weighted by molar-refractivity contribution is 6.00. The minimum Gasteiger partial charge on any atom is -0.456 e. The van der Waals surface area contributed by atoms with Gasteiger partial charge in [-0.25, -0.2) is 19.6 Å².